The normalized spacial score (nSPS) is 10.8. The van der Waals surface area contributed by atoms with Crippen molar-refractivity contribution in [2.45, 2.75) is 6.54 Å². The SMILES string of the molecule is COCCN(Cc1cc2ccccc2[nH]c1=O)C(=O)COC. The van der Waals surface area contributed by atoms with Gasteiger partial charge in [-0.25, -0.2) is 0 Å². The highest BCUT2D eigenvalue weighted by molar-refractivity contribution is 5.79. The Kier molecular flexibility index (Phi) is 5.68. The molecule has 1 aromatic heterocycles. The molecule has 0 bridgehead atoms. The molecular weight excluding hydrogens is 284 g/mol. The first-order valence-corrected chi connectivity index (χ1v) is 7.02. The molecule has 0 unspecified atom stereocenters. The summed E-state index contributed by atoms with van der Waals surface area (Å²) >= 11 is 0. The monoisotopic (exact) mass is 304 g/mol. The highest BCUT2D eigenvalue weighted by Crippen LogP contribution is 2.11. The summed E-state index contributed by atoms with van der Waals surface area (Å²) in [6.07, 6.45) is 0. The maximum absolute atomic E-state index is 12.2. The third kappa shape index (κ3) is 3.93. The van der Waals surface area contributed by atoms with Gasteiger partial charge in [0, 0.05) is 31.8 Å². The van der Waals surface area contributed by atoms with Crippen LogP contribution in [0.3, 0.4) is 0 Å². The zero-order valence-corrected chi connectivity index (χ0v) is 12.8. The average Bonchev–Trinajstić information content (AvgIpc) is 2.52. The molecule has 1 heterocycles. The zero-order chi connectivity index (χ0) is 15.9. The van der Waals surface area contributed by atoms with Crippen LogP contribution in [0.25, 0.3) is 10.9 Å². The van der Waals surface area contributed by atoms with E-state index in [2.05, 4.69) is 4.98 Å². The number of carbonyl (C=O) groups is 1. The van der Waals surface area contributed by atoms with Crippen molar-refractivity contribution >= 4 is 16.8 Å². The number of hydrogen-bond donors (Lipinski definition) is 1. The fourth-order valence-corrected chi connectivity index (χ4v) is 2.22. The predicted molar refractivity (Wildman–Crippen MR) is 83.7 cm³/mol. The Morgan fingerprint density at radius 3 is 2.73 bits per heavy atom. The number of amides is 1. The summed E-state index contributed by atoms with van der Waals surface area (Å²) in [5, 5.41) is 0.933. The van der Waals surface area contributed by atoms with Crippen LogP contribution >= 0.6 is 0 Å². The van der Waals surface area contributed by atoms with Gasteiger partial charge in [0.1, 0.15) is 6.61 Å². The minimum absolute atomic E-state index is 0.0187. The van der Waals surface area contributed by atoms with Gasteiger partial charge < -0.3 is 19.4 Å². The van der Waals surface area contributed by atoms with Crippen LogP contribution in [0.15, 0.2) is 35.1 Å². The predicted octanol–water partition coefficient (Wildman–Crippen LogP) is 1.15. The summed E-state index contributed by atoms with van der Waals surface area (Å²) in [7, 11) is 3.04. The van der Waals surface area contributed by atoms with Crippen molar-refractivity contribution in [1.82, 2.24) is 9.88 Å². The molecular formula is C16H20N2O4. The molecule has 6 nitrogen and oxygen atoms in total. The summed E-state index contributed by atoms with van der Waals surface area (Å²) in [4.78, 5) is 28.6. The number of aromatic nitrogens is 1. The first-order valence-electron chi connectivity index (χ1n) is 7.02. The van der Waals surface area contributed by atoms with Crippen LogP contribution in [0.1, 0.15) is 5.56 Å². The molecule has 0 spiro atoms. The Hall–Kier alpha value is -2.18. The van der Waals surface area contributed by atoms with Crippen molar-refractivity contribution in [1.29, 1.82) is 0 Å². The van der Waals surface area contributed by atoms with Gasteiger partial charge in [-0.15, -0.1) is 0 Å². The lowest BCUT2D eigenvalue weighted by Gasteiger charge is -2.22. The Morgan fingerprint density at radius 1 is 1.23 bits per heavy atom. The van der Waals surface area contributed by atoms with Gasteiger partial charge in [0.15, 0.2) is 0 Å². The fraction of sp³-hybridized carbons (Fsp3) is 0.375. The van der Waals surface area contributed by atoms with E-state index >= 15 is 0 Å². The van der Waals surface area contributed by atoms with Crippen LogP contribution in [-0.2, 0) is 20.8 Å². The molecule has 0 saturated heterocycles. The summed E-state index contributed by atoms with van der Waals surface area (Å²) in [6.45, 7) is 1.02. The molecule has 1 amide bonds. The number of rotatable bonds is 7. The summed E-state index contributed by atoms with van der Waals surface area (Å²) in [5.41, 5.74) is 1.13. The number of fused-ring (bicyclic) bond motifs is 1. The van der Waals surface area contributed by atoms with Crippen molar-refractivity contribution in [3.8, 4) is 0 Å². The first kappa shape index (κ1) is 16.2. The van der Waals surface area contributed by atoms with Crippen LogP contribution in [0, 0.1) is 0 Å². The van der Waals surface area contributed by atoms with Crippen LogP contribution in [0.2, 0.25) is 0 Å². The number of nitrogens with one attached hydrogen (secondary N) is 1. The van der Waals surface area contributed by atoms with E-state index < -0.39 is 0 Å². The number of carbonyl (C=O) groups excluding carboxylic acids is 1. The van der Waals surface area contributed by atoms with Crippen LogP contribution in [-0.4, -0.2) is 49.8 Å². The van der Waals surface area contributed by atoms with E-state index in [4.69, 9.17) is 9.47 Å². The lowest BCUT2D eigenvalue weighted by molar-refractivity contribution is -0.136. The van der Waals surface area contributed by atoms with E-state index in [1.807, 2.05) is 30.3 Å². The van der Waals surface area contributed by atoms with E-state index in [0.717, 1.165) is 10.9 Å². The lowest BCUT2D eigenvalue weighted by Crippen LogP contribution is -2.37. The topological polar surface area (TPSA) is 71.6 Å². The molecule has 0 radical (unpaired) electrons. The number of methoxy groups -OCH3 is 2. The molecule has 2 rings (SSSR count). The second kappa shape index (κ2) is 7.72. The Labute approximate surface area is 128 Å². The Bertz CT molecular complexity index is 696. The highest BCUT2D eigenvalue weighted by atomic mass is 16.5. The van der Waals surface area contributed by atoms with Gasteiger partial charge in [-0.05, 0) is 17.5 Å². The van der Waals surface area contributed by atoms with E-state index in [-0.39, 0.29) is 24.6 Å². The van der Waals surface area contributed by atoms with E-state index in [0.29, 0.717) is 18.7 Å². The third-order valence-electron chi connectivity index (χ3n) is 3.38. The molecule has 22 heavy (non-hydrogen) atoms. The van der Waals surface area contributed by atoms with Crippen molar-refractivity contribution < 1.29 is 14.3 Å². The number of ether oxygens (including phenoxy) is 2. The highest BCUT2D eigenvalue weighted by Gasteiger charge is 2.15. The second-order valence-corrected chi connectivity index (χ2v) is 4.95. The van der Waals surface area contributed by atoms with Gasteiger partial charge in [-0.1, -0.05) is 18.2 Å². The van der Waals surface area contributed by atoms with Crippen molar-refractivity contribution in [3.05, 3.63) is 46.2 Å². The van der Waals surface area contributed by atoms with Gasteiger partial charge in [0.05, 0.1) is 13.2 Å². The summed E-state index contributed by atoms with van der Waals surface area (Å²) in [5.74, 6) is -0.174. The van der Waals surface area contributed by atoms with Crippen LogP contribution in [0.4, 0.5) is 0 Å². The van der Waals surface area contributed by atoms with E-state index in [1.54, 1.807) is 12.0 Å². The number of H-pyrrole nitrogens is 1. The van der Waals surface area contributed by atoms with E-state index in [1.165, 1.54) is 7.11 Å². The Morgan fingerprint density at radius 2 is 2.00 bits per heavy atom. The number of benzene rings is 1. The minimum atomic E-state index is -0.189. The molecule has 2 aromatic rings. The average molecular weight is 304 g/mol. The quantitative estimate of drug-likeness (QED) is 0.833. The number of aromatic amines is 1. The molecule has 6 heteroatoms. The number of pyridine rings is 1. The number of nitrogens with zero attached hydrogens (tertiary/aromatic N) is 1. The third-order valence-corrected chi connectivity index (χ3v) is 3.38. The van der Waals surface area contributed by atoms with Gasteiger partial charge in [-0.3, -0.25) is 9.59 Å². The standard InChI is InChI=1S/C16H20N2O4/c1-21-8-7-18(15(19)11-22-2)10-13-9-12-5-3-4-6-14(12)17-16(13)20/h3-6,9H,7-8,10-11H2,1-2H3,(H,17,20). The molecule has 0 atom stereocenters. The molecule has 0 aliphatic carbocycles. The second-order valence-electron chi connectivity index (χ2n) is 4.95. The van der Waals surface area contributed by atoms with Gasteiger partial charge >= 0.3 is 0 Å². The lowest BCUT2D eigenvalue weighted by atomic mass is 10.1. The molecule has 0 fully saturated rings. The molecule has 1 N–H and O–H groups in total. The Balaban J connectivity index is 2.26. The molecule has 0 saturated carbocycles. The van der Waals surface area contributed by atoms with Crippen LogP contribution < -0.4 is 5.56 Å². The minimum Gasteiger partial charge on any atom is -0.383 e. The molecule has 0 aliphatic rings. The van der Waals surface area contributed by atoms with Crippen molar-refractivity contribution in [3.63, 3.8) is 0 Å². The number of hydrogen-bond acceptors (Lipinski definition) is 4. The van der Waals surface area contributed by atoms with Gasteiger partial charge in [-0.2, -0.15) is 0 Å². The first-order chi connectivity index (χ1) is 10.7. The maximum Gasteiger partial charge on any atom is 0.253 e. The zero-order valence-electron chi connectivity index (χ0n) is 12.8. The largest absolute Gasteiger partial charge is 0.383 e. The summed E-state index contributed by atoms with van der Waals surface area (Å²) < 4.78 is 9.90. The fourth-order valence-electron chi connectivity index (χ4n) is 2.22. The molecule has 0 aliphatic heterocycles. The molecule has 118 valence electrons. The van der Waals surface area contributed by atoms with Crippen LogP contribution in [0.5, 0.6) is 0 Å². The van der Waals surface area contributed by atoms with Gasteiger partial charge in [0.25, 0.3) is 5.56 Å². The smallest absolute Gasteiger partial charge is 0.253 e. The van der Waals surface area contributed by atoms with E-state index in [9.17, 15) is 9.59 Å². The number of para-hydroxylation sites is 1. The van der Waals surface area contributed by atoms with Crippen molar-refractivity contribution in [2.75, 3.05) is 34.0 Å². The summed E-state index contributed by atoms with van der Waals surface area (Å²) in [6, 6.07) is 9.35. The molecule has 1 aromatic carbocycles. The van der Waals surface area contributed by atoms with Crippen molar-refractivity contribution in [2.24, 2.45) is 0 Å². The maximum atomic E-state index is 12.2. The van der Waals surface area contributed by atoms with Gasteiger partial charge in [0.2, 0.25) is 5.91 Å².